The molecule has 78 valence electrons. The van der Waals surface area contributed by atoms with E-state index in [1.165, 1.54) is 0 Å². The van der Waals surface area contributed by atoms with Gasteiger partial charge in [0.15, 0.2) is 0 Å². The van der Waals surface area contributed by atoms with E-state index in [0.29, 0.717) is 6.54 Å². The summed E-state index contributed by atoms with van der Waals surface area (Å²) in [7, 11) is 0. The molecule has 0 amide bonds. The molecule has 0 saturated carbocycles. The van der Waals surface area contributed by atoms with Crippen molar-refractivity contribution in [2.75, 3.05) is 18.5 Å². The Morgan fingerprint density at radius 3 is 2.53 bits per heavy atom. The second-order valence-electron chi connectivity index (χ2n) is 3.30. The number of hydrogen-bond acceptors (Lipinski definition) is 4. The Morgan fingerprint density at radius 2 is 1.87 bits per heavy atom. The minimum atomic E-state index is 0.0912. The highest BCUT2D eigenvalue weighted by molar-refractivity contribution is 5.76. The molecule has 2 aromatic rings. The minimum absolute atomic E-state index is 0.0912. The van der Waals surface area contributed by atoms with Crippen LogP contribution in [0, 0.1) is 6.92 Å². The molecule has 0 aliphatic heterocycles. The maximum atomic E-state index is 8.72. The number of aromatic nitrogens is 2. The molecule has 1 aromatic carbocycles. The number of aliphatic hydroxyl groups is 1. The van der Waals surface area contributed by atoms with Crippen molar-refractivity contribution in [2.24, 2.45) is 0 Å². The SMILES string of the molecule is Cc1nc2ccccc2nc1NCCO. The van der Waals surface area contributed by atoms with E-state index in [1.54, 1.807) is 0 Å². The molecule has 0 aliphatic rings. The van der Waals surface area contributed by atoms with Crippen LogP contribution in [0.15, 0.2) is 24.3 Å². The highest BCUT2D eigenvalue weighted by Crippen LogP contribution is 2.15. The number of nitrogens with zero attached hydrogens (tertiary/aromatic N) is 2. The second-order valence-corrected chi connectivity index (χ2v) is 3.30. The molecular weight excluding hydrogens is 190 g/mol. The highest BCUT2D eigenvalue weighted by atomic mass is 16.3. The van der Waals surface area contributed by atoms with Crippen molar-refractivity contribution >= 4 is 16.9 Å². The maximum absolute atomic E-state index is 8.72. The molecule has 0 radical (unpaired) electrons. The van der Waals surface area contributed by atoms with Gasteiger partial charge in [-0.15, -0.1) is 0 Å². The van der Waals surface area contributed by atoms with Crippen LogP contribution in [0.25, 0.3) is 11.0 Å². The third kappa shape index (κ3) is 2.05. The summed E-state index contributed by atoms with van der Waals surface area (Å²) in [5, 5.41) is 11.8. The van der Waals surface area contributed by atoms with Crippen molar-refractivity contribution in [3.63, 3.8) is 0 Å². The lowest BCUT2D eigenvalue weighted by Gasteiger charge is -2.07. The molecule has 0 spiro atoms. The summed E-state index contributed by atoms with van der Waals surface area (Å²) in [6.45, 7) is 2.49. The summed E-state index contributed by atoms with van der Waals surface area (Å²) in [6, 6.07) is 7.73. The zero-order chi connectivity index (χ0) is 10.7. The molecule has 4 heteroatoms. The van der Waals surface area contributed by atoms with Gasteiger partial charge in [0.2, 0.25) is 0 Å². The molecular formula is C11H13N3O. The lowest BCUT2D eigenvalue weighted by Crippen LogP contribution is -2.09. The largest absolute Gasteiger partial charge is 0.395 e. The molecule has 1 aromatic heterocycles. The number of para-hydroxylation sites is 2. The van der Waals surface area contributed by atoms with Crippen molar-refractivity contribution in [3.8, 4) is 0 Å². The first-order chi connectivity index (χ1) is 7.31. The number of nitrogens with one attached hydrogen (secondary N) is 1. The smallest absolute Gasteiger partial charge is 0.148 e. The average molecular weight is 203 g/mol. The predicted molar refractivity (Wildman–Crippen MR) is 59.9 cm³/mol. The Balaban J connectivity index is 2.43. The average Bonchev–Trinajstić information content (AvgIpc) is 2.26. The normalized spacial score (nSPS) is 10.5. The molecule has 15 heavy (non-hydrogen) atoms. The van der Waals surface area contributed by atoms with E-state index in [0.717, 1.165) is 22.5 Å². The molecule has 4 nitrogen and oxygen atoms in total. The van der Waals surface area contributed by atoms with Crippen molar-refractivity contribution < 1.29 is 5.11 Å². The molecule has 0 fully saturated rings. The van der Waals surface area contributed by atoms with Crippen molar-refractivity contribution in [1.82, 2.24) is 9.97 Å². The molecule has 2 N–H and O–H groups in total. The van der Waals surface area contributed by atoms with Gasteiger partial charge in [-0.1, -0.05) is 12.1 Å². The van der Waals surface area contributed by atoms with Crippen LogP contribution in [0.1, 0.15) is 5.69 Å². The molecule has 0 bridgehead atoms. The summed E-state index contributed by atoms with van der Waals surface area (Å²) in [6.07, 6.45) is 0. The second kappa shape index (κ2) is 4.23. The Labute approximate surface area is 88.0 Å². The van der Waals surface area contributed by atoms with E-state index < -0.39 is 0 Å². The van der Waals surface area contributed by atoms with Gasteiger partial charge in [0, 0.05) is 6.54 Å². The topological polar surface area (TPSA) is 58.0 Å². The Hall–Kier alpha value is -1.68. The summed E-state index contributed by atoms with van der Waals surface area (Å²) >= 11 is 0. The first-order valence-corrected chi connectivity index (χ1v) is 4.89. The number of fused-ring (bicyclic) bond motifs is 1. The maximum Gasteiger partial charge on any atom is 0.148 e. The van der Waals surface area contributed by atoms with Crippen LogP contribution >= 0.6 is 0 Å². The van der Waals surface area contributed by atoms with E-state index >= 15 is 0 Å². The van der Waals surface area contributed by atoms with E-state index in [2.05, 4.69) is 15.3 Å². The van der Waals surface area contributed by atoms with Crippen LogP contribution in [0.2, 0.25) is 0 Å². The lowest BCUT2D eigenvalue weighted by atomic mass is 10.3. The fraction of sp³-hybridized carbons (Fsp3) is 0.273. The third-order valence-corrected chi connectivity index (χ3v) is 2.15. The number of rotatable bonds is 3. The van der Waals surface area contributed by atoms with Crippen molar-refractivity contribution in [1.29, 1.82) is 0 Å². The highest BCUT2D eigenvalue weighted by Gasteiger charge is 2.03. The number of aliphatic hydroxyl groups excluding tert-OH is 1. The first-order valence-electron chi connectivity index (χ1n) is 4.89. The van der Waals surface area contributed by atoms with Crippen LogP contribution in [0.3, 0.4) is 0 Å². The zero-order valence-electron chi connectivity index (χ0n) is 8.57. The number of benzene rings is 1. The third-order valence-electron chi connectivity index (χ3n) is 2.15. The van der Waals surface area contributed by atoms with Crippen molar-refractivity contribution in [2.45, 2.75) is 6.92 Å². The van der Waals surface area contributed by atoms with E-state index in [4.69, 9.17) is 5.11 Å². The first kappa shape index (κ1) is 9.86. The Bertz CT molecular complexity index is 470. The lowest BCUT2D eigenvalue weighted by molar-refractivity contribution is 0.311. The van der Waals surface area contributed by atoms with Gasteiger partial charge in [0.05, 0.1) is 23.3 Å². The van der Waals surface area contributed by atoms with E-state index in [1.807, 2.05) is 31.2 Å². The minimum Gasteiger partial charge on any atom is -0.395 e. The van der Waals surface area contributed by atoms with Gasteiger partial charge in [-0.25, -0.2) is 9.97 Å². The molecule has 0 saturated heterocycles. The predicted octanol–water partition coefficient (Wildman–Crippen LogP) is 1.34. The fourth-order valence-corrected chi connectivity index (χ4v) is 1.43. The zero-order valence-corrected chi connectivity index (χ0v) is 8.57. The molecule has 1 heterocycles. The van der Waals surface area contributed by atoms with Gasteiger partial charge >= 0.3 is 0 Å². The summed E-state index contributed by atoms with van der Waals surface area (Å²) < 4.78 is 0. The standard InChI is InChI=1S/C11H13N3O/c1-8-11(12-6-7-15)14-10-5-3-2-4-9(10)13-8/h2-5,15H,6-7H2,1H3,(H,12,14). The van der Waals surface area contributed by atoms with Gasteiger partial charge in [0.25, 0.3) is 0 Å². The van der Waals surface area contributed by atoms with Crippen LogP contribution in [-0.4, -0.2) is 28.2 Å². The van der Waals surface area contributed by atoms with Gasteiger partial charge in [-0.2, -0.15) is 0 Å². The van der Waals surface area contributed by atoms with Crippen molar-refractivity contribution in [3.05, 3.63) is 30.0 Å². The van der Waals surface area contributed by atoms with Crippen LogP contribution in [-0.2, 0) is 0 Å². The molecule has 0 aliphatic carbocycles. The molecule has 0 unspecified atom stereocenters. The number of anilines is 1. The molecule has 2 rings (SSSR count). The number of hydrogen-bond donors (Lipinski definition) is 2. The monoisotopic (exact) mass is 203 g/mol. The van der Waals surface area contributed by atoms with Gasteiger partial charge in [0.1, 0.15) is 5.82 Å². The summed E-state index contributed by atoms with van der Waals surface area (Å²) in [5.74, 6) is 0.739. The van der Waals surface area contributed by atoms with Gasteiger partial charge in [-0.3, -0.25) is 0 Å². The quantitative estimate of drug-likeness (QED) is 0.790. The van der Waals surface area contributed by atoms with Crippen LogP contribution in [0.5, 0.6) is 0 Å². The Kier molecular flexibility index (Phi) is 2.78. The van der Waals surface area contributed by atoms with Gasteiger partial charge < -0.3 is 10.4 Å². The van der Waals surface area contributed by atoms with E-state index in [9.17, 15) is 0 Å². The van der Waals surface area contributed by atoms with Crippen LogP contribution in [0.4, 0.5) is 5.82 Å². The summed E-state index contributed by atoms with van der Waals surface area (Å²) in [5.41, 5.74) is 2.61. The summed E-state index contributed by atoms with van der Waals surface area (Å²) in [4.78, 5) is 8.85. The number of aryl methyl sites for hydroxylation is 1. The van der Waals surface area contributed by atoms with Crippen LogP contribution < -0.4 is 5.32 Å². The van der Waals surface area contributed by atoms with Gasteiger partial charge in [-0.05, 0) is 19.1 Å². The van der Waals surface area contributed by atoms with E-state index in [-0.39, 0.29) is 6.61 Å². The fourth-order valence-electron chi connectivity index (χ4n) is 1.43. The Morgan fingerprint density at radius 1 is 1.20 bits per heavy atom. The molecule has 0 atom stereocenters.